The number of carbonyl (C=O) groups is 1. The zero-order valence-electron chi connectivity index (χ0n) is 13.3. The zero-order chi connectivity index (χ0) is 15.6. The first-order chi connectivity index (χ1) is 9.82. The van der Waals surface area contributed by atoms with Crippen molar-refractivity contribution in [3.63, 3.8) is 0 Å². The SMILES string of the molecule is CCOC(=O)c1cc(C(C)(C)C)nn1-c1cccc(C)c1. The maximum Gasteiger partial charge on any atom is 0.357 e. The summed E-state index contributed by atoms with van der Waals surface area (Å²) in [4.78, 5) is 12.2. The van der Waals surface area contributed by atoms with E-state index in [0.717, 1.165) is 16.9 Å². The van der Waals surface area contributed by atoms with E-state index in [4.69, 9.17) is 4.74 Å². The predicted octanol–water partition coefficient (Wildman–Crippen LogP) is 3.65. The monoisotopic (exact) mass is 286 g/mol. The Kier molecular flexibility index (Phi) is 4.16. The molecule has 0 bridgehead atoms. The van der Waals surface area contributed by atoms with Crippen LogP contribution in [0.5, 0.6) is 0 Å². The van der Waals surface area contributed by atoms with Crippen molar-refractivity contribution in [1.29, 1.82) is 0 Å². The third kappa shape index (κ3) is 3.32. The van der Waals surface area contributed by atoms with Crippen molar-refractivity contribution in [2.24, 2.45) is 0 Å². The lowest BCUT2D eigenvalue weighted by Crippen LogP contribution is -2.13. The maximum absolute atomic E-state index is 12.2. The molecule has 1 aromatic carbocycles. The summed E-state index contributed by atoms with van der Waals surface area (Å²) in [6.45, 7) is 10.4. The largest absolute Gasteiger partial charge is 0.461 e. The van der Waals surface area contributed by atoms with E-state index in [1.807, 2.05) is 37.3 Å². The van der Waals surface area contributed by atoms with Crippen LogP contribution in [0.3, 0.4) is 0 Å². The van der Waals surface area contributed by atoms with Crippen LogP contribution in [0.25, 0.3) is 5.69 Å². The molecule has 112 valence electrons. The van der Waals surface area contributed by atoms with Crippen molar-refractivity contribution < 1.29 is 9.53 Å². The van der Waals surface area contributed by atoms with E-state index in [1.165, 1.54) is 0 Å². The van der Waals surface area contributed by atoms with Gasteiger partial charge in [0.05, 0.1) is 18.0 Å². The molecule has 0 radical (unpaired) electrons. The van der Waals surface area contributed by atoms with E-state index in [2.05, 4.69) is 25.9 Å². The van der Waals surface area contributed by atoms with E-state index < -0.39 is 0 Å². The van der Waals surface area contributed by atoms with E-state index in [-0.39, 0.29) is 11.4 Å². The molecule has 1 aromatic heterocycles. The summed E-state index contributed by atoms with van der Waals surface area (Å²) >= 11 is 0. The van der Waals surface area contributed by atoms with E-state index in [0.29, 0.717) is 12.3 Å². The van der Waals surface area contributed by atoms with Crippen LogP contribution in [0, 0.1) is 6.92 Å². The highest BCUT2D eigenvalue weighted by Crippen LogP contribution is 2.24. The van der Waals surface area contributed by atoms with E-state index in [9.17, 15) is 4.79 Å². The highest BCUT2D eigenvalue weighted by molar-refractivity contribution is 5.88. The lowest BCUT2D eigenvalue weighted by molar-refractivity contribution is 0.0515. The number of nitrogens with zero attached hydrogens (tertiary/aromatic N) is 2. The summed E-state index contributed by atoms with van der Waals surface area (Å²) < 4.78 is 6.82. The van der Waals surface area contributed by atoms with Gasteiger partial charge in [0.2, 0.25) is 0 Å². The first-order valence-electron chi connectivity index (χ1n) is 7.17. The molecular formula is C17H22N2O2. The molecule has 2 aromatic rings. The quantitative estimate of drug-likeness (QED) is 0.809. The van der Waals surface area contributed by atoms with Crippen LogP contribution in [-0.4, -0.2) is 22.4 Å². The van der Waals surface area contributed by atoms with Crippen molar-refractivity contribution in [2.75, 3.05) is 6.61 Å². The number of carbonyl (C=O) groups excluding carboxylic acids is 1. The first-order valence-corrected chi connectivity index (χ1v) is 7.17. The van der Waals surface area contributed by atoms with E-state index in [1.54, 1.807) is 11.6 Å². The van der Waals surface area contributed by atoms with Crippen LogP contribution in [0.4, 0.5) is 0 Å². The molecule has 0 aliphatic carbocycles. The Morgan fingerprint density at radius 2 is 2.00 bits per heavy atom. The number of aryl methyl sites for hydroxylation is 1. The van der Waals surface area contributed by atoms with Gasteiger partial charge in [0.15, 0.2) is 5.69 Å². The molecule has 0 spiro atoms. The van der Waals surface area contributed by atoms with Gasteiger partial charge in [-0.3, -0.25) is 0 Å². The molecule has 0 atom stereocenters. The fourth-order valence-corrected chi connectivity index (χ4v) is 2.05. The Bertz CT molecular complexity index is 651. The van der Waals surface area contributed by atoms with Gasteiger partial charge in [0, 0.05) is 5.41 Å². The number of esters is 1. The number of hydrogen-bond donors (Lipinski definition) is 0. The second-order valence-electron chi connectivity index (χ2n) is 6.14. The maximum atomic E-state index is 12.2. The smallest absolute Gasteiger partial charge is 0.357 e. The Morgan fingerprint density at radius 3 is 2.57 bits per heavy atom. The molecule has 1 heterocycles. The highest BCUT2D eigenvalue weighted by Gasteiger charge is 2.24. The summed E-state index contributed by atoms with van der Waals surface area (Å²) in [7, 11) is 0. The van der Waals surface area contributed by atoms with Crippen LogP contribution in [-0.2, 0) is 10.2 Å². The number of hydrogen-bond acceptors (Lipinski definition) is 3. The minimum atomic E-state index is -0.345. The second kappa shape index (κ2) is 5.72. The lowest BCUT2D eigenvalue weighted by Gasteiger charge is -2.14. The molecule has 4 heteroatoms. The summed E-state index contributed by atoms with van der Waals surface area (Å²) in [5, 5.41) is 4.61. The molecule has 0 saturated heterocycles. The van der Waals surface area contributed by atoms with Gasteiger partial charge >= 0.3 is 5.97 Å². The van der Waals surface area contributed by atoms with Crippen LogP contribution >= 0.6 is 0 Å². The van der Waals surface area contributed by atoms with Crippen LogP contribution in [0.2, 0.25) is 0 Å². The van der Waals surface area contributed by atoms with Crippen molar-refractivity contribution in [2.45, 2.75) is 40.0 Å². The molecule has 21 heavy (non-hydrogen) atoms. The van der Waals surface area contributed by atoms with Crippen LogP contribution in [0.15, 0.2) is 30.3 Å². The molecule has 0 unspecified atom stereocenters. The standard InChI is InChI=1S/C17H22N2O2/c1-6-21-16(20)14-11-15(17(3,4)5)18-19(14)13-9-7-8-12(2)10-13/h7-11H,6H2,1-5H3. The third-order valence-electron chi connectivity index (χ3n) is 3.21. The van der Waals surface area contributed by atoms with Gasteiger partial charge in [0.25, 0.3) is 0 Å². The molecule has 0 aliphatic rings. The minimum Gasteiger partial charge on any atom is -0.461 e. The van der Waals surface area contributed by atoms with E-state index >= 15 is 0 Å². The molecule has 0 saturated carbocycles. The van der Waals surface area contributed by atoms with Gasteiger partial charge in [-0.25, -0.2) is 9.48 Å². The number of aromatic nitrogens is 2. The summed E-state index contributed by atoms with van der Waals surface area (Å²) in [6, 6.07) is 9.73. The van der Waals surface area contributed by atoms with Crippen molar-refractivity contribution in [1.82, 2.24) is 9.78 Å². The topological polar surface area (TPSA) is 44.1 Å². The van der Waals surface area contributed by atoms with Crippen molar-refractivity contribution in [3.8, 4) is 5.69 Å². The third-order valence-corrected chi connectivity index (χ3v) is 3.21. The molecule has 4 nitrogen and oxygen atoms in total. The lowest BCUT2D eigenvalue weighted by atomic mass is 9.92. The predicted molar refractivity (Wildman–Crippen MR) is 83.0 cm³/mol. The van der Waals surface area contributed by atoms with Gasteiger partial charge in [-0.2, -0.15) is 5.10 Å². The first kappa shape index (κ1) is 15.3. The highest BCUT2D eigenvalue weighted by atomic mass is 16.5. The normalized spacial score (nSPS) is 11.5. The Morgan fingerprint density at radius 1 is 1.29 bits per heavy atom. The fourth-order valence-electron chi connectivity index (χ4n) is 2.05. The Labute approximate surface area is 125 Å². The number of benzene rings is 1. The summed E-state index contributed by atoms with van der Waals surface area (Å²) in [5.74, 6) is -0.345. The van der Waals surface area contributed by atoms with Gasteiger partial charge in [0.1, 0.15) is 0 Å². The second-order valence-corrected chi connectivity index (χ2v) is 6.14. The molecule has 0 N–H and O–H groups in total. The summed E-state index contributed by atoms with van der Waals surface area (Å²) in [6.07, 6.45) is 0. The fraction of sp³-hybridized carbons (Fsp3) is 0.412. The van der Waals surface area contributed by atoms with Gasteiger partial charge in [-0.1, -0.05) is 32.9 Å². The van der Waals surface area contributed by atoms with Crippen molar-refractivity contribution >= 4 is 5.97 Å². The van der Waals surface area contributed by atoms with Gasteiger partial charge in [-0.15, -0.1) is 0 Å². The average Bonchev–Trinajstić information content (AvgIpc) is 2.84. The van der Waals surface area contributed by atoms with Crippen LogP contribution in [0.1, 0.15) is 49.4 Å². The summed E-state index contributed by atoms with van der Waals surface area (Å²) in [5.41, 5.74) is 3.19. The van der Waals surface area contributed by atoms with Crippen LogP contribution < -0.4 is 0 Å². The molecule has 2 rings (SSSR count). The van der Waals surface area contributed by atoms with Gasteiger partial charge < -0.3 is 4.74 Å². The number of ether oxygens (including phenoxy) is 1. The van der Waals surface area contributed by atoms with Gasteiger partial charge in [-0.05, 0) is 37.6 Å². The molecule has 0 aliphatic heterocycles. The molecular weight excluding hydrogens is 264 g/mol. The Balaban J connectivity index is 2.57. The number of rotatable bonds is 3. The zero-order valence-corrected chi connectivity index (χ0v) is 13.3. The Hall–Kier alpha value is -2.10. The molecule has 0 fully saturated rings. The van der Waals surface area contributed by atoms with Crippen molar-refractivity contribution in [3.05, 3.63) is 47.3 Å². The molecule has 0 amide bonds. The minimum absolute atomic E-state index is 0.129. The average molecular weight is 286 g/mol.